The maximum atomic E-state index is 11.4. The number of rotatable bonds is 4. The fourth-order valence-electron chi connectivity index (χ4n) is 2.75. The zero-order chi connectivity index (χ0) is 16.9. The van der Waals surface area contributed by atoms with E-state index in [9.17, 15) is 4.79 Å². The zero-order valence-electron chi connectivity index (χ0n) is 14.1. The van der Waals surface area contributed by atoms with Crippen LogP contribution in [-0.2, 0) is 11.3 Å². The van der Waals surface area contributed by atoms with Crippen molar-refractivity contribution in [3.8, 4) is 0 Å². The molecule has 2 aromatic heterocycles. The van der Waals surface area contributed by atoms with E-state index in [0.29, 0.717) is 6.54 Å². The molecule has 0 aromatic carbocycles. The number of carbonyl (C=O) groups is 1. The van der Waals surface area contributed by atoms with E-state index >= 15 is 0 Å². The Morgan fingerprint density at radius 1 is 1.25 bits per heavy atom. The summed E-state index contributed by atoms with van der Waals surface area (Å²) in [6.45, 7) is 7.22. The fraction of sp³-hybridized carbons (Fsp3) is 0.412. The number of anilines is 2. The van der Waals surface area contributed by atoms with Gasteiger partial charge in [0.1, 0.15) is 17.5 Å². The monoisotopic (exact) mass is 326 g/mol. The average Bonchev–Trinajstić information content (AvgIpc) is 2.60. The highest BCUT2D eigenvalue weighted by Crippen LogP contribution is 2.18. The number of aromatic nitrogens is 3. The Labute approximate surface area is 141 Å². The van der Waals surface area contributed by atoms with Crippen molar-refractivity contribution in [2.75, 3.05) is 36.4 Å². The quantitative estimate of drug-likeness (QED) is 0.917. The second-order valence-electron chi connectivity index (χ2n) is 5.87. The van der Waals surface area contributed by atoms with E-state index in [2.05, 4.69) is 25.2 Å². The molecule has 7 heteroatoms. The van der Waals surface area contributed by atoms with Crippen LogP contribution >= 0.6 is 0 Å². The molecule has 0 saturated carbocycles. The van der Waals surface area contributed by atoms with Gasteiger partial charge in [0.05, 0.1) is 0 Å². The van der Waals surface area contributed by atoms with Crippen molar-refractivity contribution in [2.45, 2.75) is 20.4 Å². The predicted octanol–water partition coefficient (Wildman–Crippen LogP) is 1.46. The Kier molecular flexibility index (Phi) is 4.88. The molecule has 3 rings (SSSR count). The summed E-state index contributed by atoms with van der Waals surface area (Å²) in [7, 11) is 0. The summed E-state index contributed by atoms with van der Waals surface area (Å²) in [5, 5.41) is 3.33. The molecule has 0 bridgehead atoms. The Bertz CT molecular complexity index is 697. The molecule has 0 unspecified atom stereocenters. The molecule has 0 atom stereocenters. The Hall–Kier alpha value is -2.70. The summed E-state index contributed by atoms with van der Waals surface area (Å²) >= 11 is 0. The summed E-state index contributed by atoms with van der Waals surface area (Å²) in [6.07, 6.45) is 3.60. The molecule has 7 nitrogen and oxygen atoms in total. The van der Waals surface area contributed by atoms with Crippen molar-refractivity contribution in [1.82, 2.24) is 19.9 Å². The summed E-state index contributed by atoms with van der Waals surface area (Å²) in [5.74, 6) is 2.57. The number of aryl methyl sites for hydroxylation is 1. The molecule has 0 radical (unpaired) electrons. The van der Waals surface area contributed by atoms with Gasteiger partial charge in [-0.15, -0.1) is 0 Å². The topological polar surface area (TPSA) is 74.2 Å². The normalized spacial score (nSPS) is 14.6. The van der Waals surface area contributed by atoms with E-state index in [0.717, 1.165) is 49.2 Å². The molecule has 24 heavy (non-hydrogen) atoms. The average molecular weight is 326 g/mol. The van der Waals surface area contributed by atoms with Crippen molar-refractivity contribution in [3.05, 3.63) is 42.0 Å². The summed E-state index contributed by atoms with van der Waals surface area (Å²) in [6, 6.07) is 5.91. The number of hydrogen-bond acceptors (Lipinski definition) is 6. The van der Waals surface area contributed by atoms with Crippen LogP contribution in [0.25, 0.3) is 0 Å². The van der Waals surface area contributed by atoms with Gasteiger partial charge in [0.25, 0.3) is 0 Å². The first-order chi connectivity index (χ1) is 11.6. The highest BCUT2D eigenvalue weighted by molar-refractivity contribution is 5.73. The van der Waals surface area contributed by atoms with E-state index in [-0.39, 0.29) is 5.91 Å². The lowest BCUT2D eigenvalue weighted by Crippen LogP contribution is -2.48. The second kappa shape index (κ2) is 7.25. The van der Waals surface area contributed by atoms with Gasteiger partial charge in [0, 0.05) is 58.1 Å². The van der Waals surface area contributed by atoms with Gasteiger partial charge >= 0.3 is 0 Å². The van der Waals surface area contributed by atoms with Gasteiger partial charge in [0.15, 0.2) is 0 Å². The van der Waals surface area contributed by atoms with Gasteiger partial charge in [-0.05, 0) is 18.6 Å². The van der Waals surface area contributed by atoms with Gasteiger partial charge in [-0.1, -0.05) is 6.07 Å². The second-order valence-corrected chi connectivity index (χ2v) is 5.87. The maximum absolute atomic E-state index is 11.4. The molecular weight excluding hydrogens is 304 g/mol. The third-order valence-electron chi connectivity index (χ3n) is 4.07. The number of pyridine rings is 1. The highest BCUT2D eigenvalue weighted by atomic mass is 16.2. The summed E-state index contributed by atoms with van der Waals surface area (Å²) in [5.41, 5.74) is 1.10. The smallest absolute Gasteiger partial charge is 0.219 e. The molecule has 1 N–H and O–H groups in total. The minimum absolute atomic E-state index is 0.132. The van der Waals surface area contributed by atoms with Crippen molar-refractivity contribution in [3.63, 3.8) is 0 Å². The number of nitrogens with one attached hydrogen (secondary N) is 1. The standard InChI is InChI=1S/C17H22N6O/c1-13-20-16(19-12-15-4-3-5-18-11-15)10-17(21-13)23-8-6-22(7-9-23)14(2)24/h3-5,10-11H,6-9,12H2,1-2H3,(H,19,20,21). The largest absolute Gasteiger partial charge is 0.366 e. The van der Waals surface area contributed by atoms with Crippen LogP contribution < -0.4 is 10.2 Å². The first kappa shape index (κ1) is 16.2. The third kappa shape index (κ3) is 3.98. The SMILES string of the molecule is CC(=O)N1CCN(c2cc(NCc3cccnc3)nc(C)n2)CC1. The first-order valence-corrected chi connectivity index (χ1v) is 8.11. The lowest BCUT2D eigenvalue weighted by Gasteiger charge is -2.35. The van der Waals surface area contributed by atoms with Crippen LogP contribution in [0.4, 0.5) is 11.6 Å². The predicted molar refractivity (Wildman–Crippen MR) is 92.8 cm³/mol. The minimum Gasteiger partial charge on any atom is -0.366 e. The first-order valence-electron chi connectivity index (χ1n) is 8.11. The van der Waals surface area contributed by atoms with Crippen LogP contribution in [0.1, 0.15) is 18.3 Å². The van der Waals surface area contributed by atoms with E-state index < -0.39 is 0 Å². The van der Waals surface area contributed by atoms with Gasteiger partial charge in [0.2, 0.25) is 5.91 Å². The van der Waals surface area contributed by atoms with Crippen LogP contribution in [0.15, 0.2) is 30.6 Å². The van der Waals surface area contributed by atoms with Crippen LogP contribution in [0, 0.1) is 6.92 Å². The van der Waals surface area contributed by atoms with Crippen LogP contribution in [-0.4, -0.2) is 51.9 Å². The summed E-state index contributed by atoms with van der Waals surface area (Å²) < 4.78 is 0. The van der Waals surface area contributed by atoms with Gasteiger partial charge in [-0.25, -0.2) is 9.97 Å². The number of carbonyl (C=O) groups excluding carboxylic acids is 1. The Morgan fingerprint density at radius 2 is 2.04 bits per heavy atom. The molecule has 1 saturated heterocycles. The van der Waals surface area contributed by atoms with E-state index in [1.54, 1.807) is 13.1 Å². The lowest BCUT2D eigenvalue weighted by molar-refractivity contribution is -0.129. The van der Waals surface area contributed by atoms with Crippen molar-refractivity contribution in [2.24, 2.45) is 0 Å². The number of hydrogen-bond donors (Lipinski definition) is 1. The molecule has 2 aromatic rings. The van der Waals surface area contributed by atoms with Crippen molar-refractivity contribution < 1.29 is 4.79 Å². The molecule has 1 aliphatic heterocycles. The van der Waals surface area contributed by atoms with E-state index in [1.165, 1.54) is 0 Å². The molecular formula is C17H22N6O. The molecule has 126 valence electrons. The molecule has 1 fully saturated rings. The lowest BCUT2D eigenvalue weighted by atomic mass is 10.3. The number of piperazine rings is 1. The van der Waals surface area contributed by atoms with E-state index in [4.69, 9.17) is 0 Å². The number of amides is 1. The van der Waals surface area contributed by atoms with Gasteiger partial charge in [-0.3, -0.25) is 9.78 Å². The van der Waals surface area contributed by atoms with E-state index in [1.807, 2.05) is 36.2 Å². The van der Waals surface area contributed by atoms with Crippen molar-refractivity contribution in [1.29, 1.82) is 0 Å². The molecule has 1 aliphatic rings. The highest BCUT2D eigenvalue weighted by Gasteiger charge is 2.20. The maximum Gasteiger partial charge on any atom is 0.219 e. The zero-order valence-corrected chi connectivity index (χ0v) is 14.1. The molecule has 3 heterocycles. The minimum atomic E-state index is 0.132. The Morgan fingerprint density at radius 3 is 2.71 bits per heavy atom. The van der Waals surface area contributed by atoms with Gasteiger partial charge in [-0.2, -0.15) is 0 Å². The molecule has 0 spiro atoms. The van der Waals surface area contributed by atoms with Crippen LogP contribution in [0.5, 0.6) is 0 Å². The van der Waals surface area contributed by atoms with Crippen LogP contribution in [0.2, 0.25) is 0 Å². The molecule has 0 aliphatic carbocycles. The number of nitrogens with zero attached hydrogens (tertiary/aromatic N) is 5. The van der Waals surface area contributed by atoms with Crippen LogP contribution in [0.3, 0.4) is 0 Å². The molecule has 1 amide bonds. The Balaban J connectivity index is 1.67. The third-order valence-corrected chi connectivity index (χ3v) is 4.07. The summed E-state index contributed by atoms with van der Waals surface area (Å²) in [4.78, 5) is 28.6. The van der Waals surface area contributed by atoms with Crippen molar-refractivity contribution >= 4 is 17.5 Å². The fourth-order valence-corrected chi connectivity index (χ4v) is 2.75. The van der Waals surface area contributed by atoms with Gasteiger partial charge < -0.3 is 15.1 Å².